The Morgan fingerprint density at radius 3 is 1.52 bits per heavy atom. The molecule has 27 heavy (non-hydrogen) atoms. The Labute approximate surface area is 174 Å². The van der Waals surface area contributed by atoms with Crippen molar-refractivity contribution in [3.63, 3.8) is 0 Å². The van der Waals surface area contributed by atoms with E-state index in [-0.39, 0.29) is 10.8 Å². The molecule has 0 radical (unpaired) electrons. The molecule has 0 aromatic heterocycles. The Morgan fingerprint density at radius 1 is 0.704 bits per heavy atom. The lowest BCUT2D eigenvalue weighted by molar-refractivity contribution is 0.103. The second kappa shape index (κ2) is 11.7. The van der Waals surface area contributed by atoms with Crippen molar-refractivity contribution >= 4 is 0 Å². The van der Waals surface area contributed by atoms with Gasteiger partial charge in [-0.05, 0) is 52.8 Å². The van der Waals surface area contributed by atoms with Crippen LogP contribution in [0.5, 0.6) is 0 Å². The minimum Gasteiger partial charge on any atom is -0.0820 e. The smallest absolute Gasteiger partial charge is 0.0116 e. The van der Waals surface area contributed by atoms with Gasteiger partial charge >= 0.3 is 0 Å². The van der Waals surface area contributed by atoms with E-state index in [1.54, 1.807) is 0 Å². The van der Waals surface area contributed by atoms with Gasteiger partial charge in [-0.1, -0.05) is 121 Å². The molecule has 0 heterocycles. The number of allylic oxidation sites excluding steroid dienone is 2. The standard InChI is InChI=1S/C27H54/c1-13-17-22(9)24(20(5)6)27(12,16-4)19-18-26(10,11)25(21(7)8)23(14-2)15-3/h18-25H,13-17H2,1-12H3. The number of hydrogen-bond acceptors (Lipinski definition) is 0. The fourth-order valence-corrected chi connectivity index (χ4v) is 6.49. The molecule has 4 unspecified atom stereocenters. The summed E-state index contributed by atoms with van der Waals surface area (Å²) in [5.41, 5.74) is 0.534. The molecule has 162 valence electrons. The van der Waals surface area contributed by atoms with E-state index >= 15 is 0 Å². The van der Waals surface area contributed by atoms with Gasteiger partial charge in [0.1, 0.15) is 0 Å². The van der Waals surface area contributed by atoms with Crippen molar-refractivity contribution in [3.05, 3.63) is 12.2 Å². The van der Waals surface area contributed by atoms with Crippen molar-refractivity contribution < 1.29 is 0 Å². The van der Waals surface area contributed by atoms with Crippen molar-refractivity contribution in [2.24, 2.45) is 46.3 Å². The first-order valence-corrected chi connectivity index (χ1v) is 12.1. The van der Waals surface area contributed by atoms with Gasteiger partial charge in [-0.2, -0.15) is 0 Å². The topological polar surface area (TPSA) is 0 Å². The molecule has 0 saturated carbocycles. The van der Waals surface area contributed by atoms with E-state index in [0.29, 0.717) is 0 Å². The summed E-state index contributed by atoms with van der Waals surface area (Å²) in [7, 11) is 0. The second-order valence-electron chi connectivity index (χ2n) is 10.9. The van der Waals surface area contributed by atoms with Crippen LogP contribution >= 0.6 is 0 Å². The Hall–Kier alpha value is -0.260. The molecule has 0 N–H and O–H groups in total. The summed E-state index contributed by atoms with van der Waals surface area (Å²) in [6.07, 6.45) is 11.7. The molecule has 0 rings (SSSR count). The lowest BCUT2D eigenvalue weighted by atomic mass is 9.61. The quantitative estimate of drug-likeness (QED) is 0.280. The molecule has 0 nitrogen and oxygen atoms in total. The summed E-state index contributed by atoms with van der Waals surface area (Å²) in [5, 5.41) is 0. The van der Waals surface area contributed by atoms with Gasteiger partial charge in [-0.15, -0.1) is 0 Å². The van der Waals surface area contributed by atoms with E-state index in [4.69, 9.17) is 0 Å². The highest BCUT2D eigenvalue weighted by Gasteiger charge is 2.38. The van der Waals surface area contributed by atoms with Gasteiger partial charge in [-0.25, -0.2) is 0 Å². The molecule has 0 aliphatic heterocycles. The third-order valence-corrected chi connectivity index (χ3v) is 7.63. The lowest BCUT2D eigenvalue weighted by Gasteiger charge is -2.44. The first-order valence-electron chi connectivity index (χ1n) is 12.1. The van der Waals surface area contributed by atoms with Gasteiger partial charge in [0, 0.05) is 0 Å². The van der Waals surface area contributed by atoms with Crippen molar-refractivity contribution in [2.45, 2.75) is 115 Å². The fourth-order valence-electron chi connectivity index (χ4n) is 6.49. The number of hydrogen-bond donors (Lipinski definition) is 0. The molecular formula is C27H54. The predicted molar refractivity (Wildman–Crippen MR) is 126 cm³/mol. The van der Waals surface area contributed by atoms with Crippen LogP contribution in [0, 0.1) is 46.3 Å². The Bertz CT molecular complexity index is 410. The van der Waals surface area contributed by atoms with E-state index < -0.39 is 0 Å². The molecule has 0 spiro atoms. The van der Waals surface area contributed by atoms with Gasteiger partial charge < -0.3 is 0 Å². The first-order chi connectivity index (χ1) is 12.4. The molecule has 0 aliphatic rings. The Balaban J connectivity index is 5.87. The SMILES string of the molecule is CCCC(C)C(C(C)C)C(C)(C=CC(C)(C)C(C(C)C)C(CC)CC)CC. The van der Waals surface area contributed by atoms with Crippen LogP contribution in [-0.2, 0) is 0 Å². The molecule has 0 saturated heterocycles. The monoisotopic (exact) mass is 378 g/mol. The van der Waals surface area contributed by atoms with E-state index in [0.717, 1.165) is 35.5 Å². The maximum atomic E-state index is 2.64. The molecule has 4 atom stereocenters. The summed E-state index contributed by atoms with van der Waals surface area (Å²) in [6, 6.07) is 0. The molecule has 0 aliphatic carbocycles. The van der Waals surface area contributed by atoms with Crippen LogP contribution in [-0.4, -0.2) is 0 Å². The van der Waals surface area contributed by atoms with Crippen LogP contribution in [0.25, 0.3) is 0 Å². The van der Waals surface area contributed by atoms with Gasteiger partial charge in [0.15, 0.2) is 0 Å². The van der Waals surface area contributed by atoms with Crippen LogP contribution in [0.15, 0.2) is 12.2 Å². The van der Waals surface area contributed by atoms with Crippen LogP contribution in [0.1, 0.15) is 115 Å². The minimum atomic E-state index is 0.247. The molecule has 0 aromatic carbocycles. The highest BCUT2D eigenvalue weighted by molar-refractivity contribution is 5.09. The first kappa shape index (κ1) is 26.7. The normalized spacial score (nSPS) is 19.1. The van der Waals surface area contributed by atoms with Crippen LogP contribution < -0.4 is 0 Å². The average Bonchev–Trinajstić information content (AvgIpc) is 2.57. The van der Waals surface area contributed by atoms with E-state index in [2.05, 4.69) is 95.2 Å². The van der Waals surface area contributed by atoms with Gasteiger partial charge in [0.2, 0.25) is 0 Å². The van der Waals surface area contributed by atoms with Crippen molar-refractivity contribution in [1.82, 2.24) is 0 Å². The van der Waals surface area contributed by atoms with E-state index in [1.165, 1.54) is 32.1 Å². The van der Waals surface area contributed by atoms with Crippen LogP contribution in [0.2, 0.25) is 0 Å². The van der Waals surface area contributed by atoms with Crippen molar-refractivity contribution in [1.29, 1.82) is 0 Å². The highest BCUT2D eigenvalue weighted by Crippen LogP contribution is 2.47. The summed E-state index contributed by atoms with van der Waals surface area (Å²) in [4.78, 5) is 0. The zero-order valence-corrected chi connectivity index (χ0v) is 21.2. The van der Waals surface area contributed by atoms with Crippen molar-refractivity contribution in [3.8, 4) is 0 Å². The minimum absolute atomic E-state index is 0.247. The molecule has 0 aromatic rings. The zero-order chi connectivity index (χ0) is 21.4. The summed E-state index contributed by atoms with van der Waals surface area (Å²) in [6.45, 7) is 29.2. The summed E-state index contributed by atoms with van der Waals surface area (Å²) < 4.78 is 0. The summed E-state index contributed by atoms with van der Waals surface area (Å²) in [5.74, 6) is 4.55. The largest absolute Gasteiger partial charge is 0.0820 e. The number of rotatable bonds is 13. The second-order valence-corrected chi connectivity index (χ2v) is 10.9. The Kier molecular flexibility index (Phi) is 11.6. The molecule has 0 amide bonds. The van der Waals surface area contributed by atoms with Crippen molar-refractivity contribution in [2.75, 3.05) is 0 Å². The van der Waals surface area contributed by atoms with Gasteiger partial charge in [0.05, 0.1) is 0 Å². The van der Waals surface area contributed by atoms with Crippen LogP contribution in [0.3, 0.4) is 0 Å². The summed E-state index contributed by atoms with van der Waals surface area (Å²) >= 11 is 0. The third-order valence-electron chi connectivity index (χ3n) is 7.63. The average molecular weight is 379 g/mol. The maximum absolute atomic E-state index is 2.64. The molecule has 0 bridgehead atoms. The highest BCUT2D eigenvalue weighted by atomic mass is 14.4. The third kappa shape index (κ3) is 7.25. The fraction of sp³-hybridized carbons (Fsp3) is 0.926. The van der Waals surface area contributed by atoms with E-state index in [1.807, 2.05) is 0 Å². The maximum Gasteiger partial charge on any atom is -0.0116 e. The zero-order valence-electron chi connectivity index (χ0n) is 21.2. The Morgan fingerprint density at radius 2 is 1.19 bits per heavy atom. The van der Waals surface area contributed by atoms with Crippen LogP contribution in [0.4, 0.5) is 0 Å². The van der Waals surface area contributed by atoms with Gasteiger partial charge in [0.25, 0.3) is 0 Å². The molecule has 0 fully saturated rings. The van der Waals surface area contributed by atoms with E-state index in [9.17, 15) is 0 Å². The van der Waals surface area contributed by atoms with Gasteiger partial charge in [-0.3, -0.25) is 0 Å². The molecular weight excluding hydrogens is 324 g/mol. The lowest BCUT2D eigenvalue weighted by Crippen LogP contribution is -2.36. The predicted octanol–water partition coefficient (Wildman–Crippen LogP) is 9.40. The molecule has 0 heteroatoms.